The van der Waals surface area contributed by atoms with Crippen LogP contribution in [0.2, 0.25) is 0 Å². The van der Waals surface area contributed by atoms with Crippen LogP contribution in [0.3, 0.4) is 0 Å². The number of sulfonamides is 1. The second-order valence-electron chi connectivity index (χ2n) is 10.7. The number of rotatable bonds is 10. The molecule has 0 aromatic heterocycles. The van der Waals surface area contributed by atoms with Crippen LogP contribution in [0.5, 0.6) is 0 Å². The van der Waals surface area contributed by atoms with Crippen LogP contribution < -0.4 is 4.72 Å². The van der Waals surface area contributed by atoms with Crippen LogP contribution in [0.4, 0.5) is 4.79 Å². The Balaban J connectivity index is 1.87. The van der Waals surface area contributed by atoms with Crippen LogP contribution in [0, 0.1) is 0 Å². The smallest absolute Gasteiger partial charge is 0.410 e. The Kier molecular flexibility index (Phi) is 10.3. The number of nitrogens with one attached hydrogen (secondary N) is 1. The molecule has 1 heterocycles. The van der Waals surface area contributed by atoms with E-state index in [0.717, 1.165) is 22.3 Å². The lowest BCUT2D eigenvalue weighted by Gasteiger charge is -2.31. The Morgan fingerprint density at radius 1 is 1.13 bits per heavy atom. The summed E-state index contributed by atoms with van der Waals surface area (Å²) < 4.78 is 38.0. The summed E-state index contributed by atoms with van der Waals surface area (Å²) in [7, 11) is -2.07. The molecule has 9 heteroatoms. The highest BCUT2D eigenvalue weighted by atomic mass is 32.2. The SMILES string of the molecule is CCS(=O)(=O)NC1CCN(C(=O)OC(C)(C)C)C1Cc1cccc(-c2ccccc2C=CCCC(=O)OC)c1. The van der Waals surface area contributed by atoms with Crippen molar-refractivity contribution in [3.63, 3.8) is 0 Å². The molecule has 2 aromatic carbocycles. The fourth-order valence-corrected chi connectivity index (χ4v) is 5.53. The number of methoxy groups -OCH3 is 1. The summed E-state index contributed by atoms with van der Waals surface area (Å²) in [6.45, 7) is 7.46. The fraction of sp³-hybridized carbons (Fsp3) is 0.467. The molecule has 2 unspecified atom stereocenters. The lowest BCUT2D eigenvalue weighted by Crippen LogP contribution is -2.49. The molecule has 1 N–H and O–H groups in total. The maximum atomic E-state index is 13.1. The van der Waals surface area contributed by atoms with Gasteiger partial charge < -0.3 is 14.4 Å². The molecule has 8 nitrogen and oxygen atoms in total. The van der Waals surface area contributed by atoms with Gasteiger partial charge in [0, 0.05) is 19.0 Å². The van der Waals surface area contributed by atoms with Crippen molar-refractivity contribution >= 4 is 28.2 Å². The van der Waals surface area contributed by atoms with E-state index in [1.807, 2.05) is 75.4 Å². The van der Waals surface area contributed by atoms with E-state index < -0.39 is 27.8 Å². The van der Waals surface area contributed by atoms with Crippen molar-refractivity contribution in [1.82, 2.24) is 9.62 Å². The van der Waals surface area contributed by atoms with Gasteiger partial charge in [0.15, 0.2) is 0 Å². The average Bonchev–Trinajstić information content (AvgIpc) is 3.27. The molecule has 0 radical (unpaired) electrons. The largest absolute Gasteiger partial charge is 0.469 e. The molecule has 1 saturated heterocycles. The molecule has 2 atom stereocenters. The average molecular weight is 557 g/mol. The molecule has 3 rings (SSSR count). The zero-order chi connectivity index (χ0) is 28.6. The minimum atomic E-state index is -3.45. The molecule has 212 valence electrons. The summed E-state index contributed by atoms with van der Waals surface area (Å²) in [5, 5.41) is 0. The third kappa shape index (κ3) is 8.93. The number of benzene rings is 2. The molecular formula is C30H40N2O6S. The molecule has 1 amide bonds. The van der Waals surface area contributed by atoms with Gasteiger partial charge in [0.2, 0.25) is 10.0 Å². The highest BCUT2D eigenvalue weighted by Gasteiger charge is 2.40. The minimum absolute atomic E-state index is 0.0257. The van der Waals surface area contributed by atoms with Gasteiger partial charge >= 0.3 is 12.1 Å². The maximum Gasteiger partial charge on any atom is 0.410 e. The third-order valence-electron chi connectivity index (χ3n) is 6.57. The van der Waals surface area contributed by atoms with E-state index >= 15 is 0 Å². The molecule has 1 aliphatic rings. The minimum Gasteiger partial charge on any atom is -0.469 e. The van der Waals surface area contributed by atoms with Crippen LogP contribution in [0.15, 0.2) is 54.6 Å². The quantitative estimate of drug-likeness (QED) is 0.405. The van der Waals surface area contributed by atoms with Gasteiger partial charge in [0.1, 0.15) is 5.60 Å². The monoisotopic (exact) mass is 556 g/mol. The molecule has 2 aromatic rings. The summed E-state index contributed by atoms with van der Waals surface area (Å²) in [5.74, 6) is -0.269. The van der Waals surface area contributed by atoms with E-state index in [0.29, 0.717) is 32.2 Å². The third-order valence-corrected chi connectivity index (χ3v) is 7.99. The Morgan fingerprint density at radius 3 is 2.56 bits per heavy atom. The number of carbonyl (C=O) groups excluding carboxylic acids is 2. The predicted octanol–water partition coefficient (Wildman–Crippen LogP) is 5.18. The van der Waals surface area contributed by atoms with E-state index in [9.17, 15) is 18.0 Å². The van der Waals surface area contributed by atoms with Crippen molar-refractivity contribution in [3.05, 3.63) is 65.7 Å². The van der Waals surface area contributed by atoms with E-state index in [4.69, 9.17) is 9.47 Å². The van der Waals surface area contributed by atoms with Gasteiger partial charge in [0.25, 0.3) is 0 Å². The van der Waals surface area contributed by atoms with Crippen molar-refractivity contribution in [2.24, 2.45) is 0 Å². The Bertz CT molecular complexity index is 1280. The van der Waals surface area contributed by atoms with Crippen LogP contribution in [-0.2, 0) is 30.7 Å². The number of hydrogen-bond acceptors (Lipinski definition) is 6. The molecule has 0 bridgehead atoms. The van der Waals surface area contributed by atoms with Crippen LogP contribution in [-0.4, -0.2) is 62.5 Å². The van der Waals surface area contributed by atoms with Crippen molar-refractivity contribution < 1.29 is 27.5 Å². The lowest BCUT2D eigenvalue weighted by atomic mass is 9.94. The van der Waals surface area contributed by atoms with Crippen LogP contribution in [0.1, 0.15) is 58.1 Å². The molecule has 1 aliphatic heterocycles. The van der Waals surface area contributed by atoms with Crippen molar-refractivity contribution in [2.45, 2.75) is 71.1 Å². The number of nitrogens with zero attached hydrogens (tertiary/aromatic N) is 1. The first kappa shape index (κ1) is 30.4. The van der Waals surface area contributed by atoms with Crippen LogP contribution >= 0.6 is 0 Å². The summed E-state index contributed by atoms with van der Waals surface area (Å²) in [6.07, 6.45) is 5.41. The molecule has 1 fully saturated rings. The van der Waals surface area contributed by atoms with Gasteiger partial charge in [-0.1, -0.05) is 60.7 Å². The maximum absolute atomic E-state index is 13.1. The number of likely N-dealkylation sites (tertiary alicyclic amines) is 1. The zero-order valence-electron chi connectivity index (χ0n) is 23.5. The van der Waals surface area contributed by atoms with Gasteiger partial charge in [-0.05, 0) is 69.2 Å². The van der Waals surface area contributed by atoms with E-state index in [1.165, 1.54) is 7.11 Å². The van der Waals surface area contributed by atoms with Gasteiger partial charge in [0.05, 0.1) is 18.9 Å². The number of carbonyl (C=O) groups is 2. The Labute approximate surface area is 232 Å². The predicted molar refractivity (Wildman–Crippen MR) is 154 cm³/mol. The first-order valence-corrected chi connectivity index (χ1v) is 15.0. The molecular weight excluding hydrogens is 516 g/mol. The van der Waals surface area contributed by atoms with Crippen molar-refractivity contribution in [2.75, 3.05) is 19.4 Å². The van der Waals surface area contributed by atoms with E-state index in [2.05, 4.69) is 10.8 Å². The van der Waals surface area contributed by atoms with E-state index in [1.54, 1.807) is 11.8 Å². The number of amides is 1. The second-order valence-corrected chi connectivity index (χ2v) is 12.7. The van der Waals surface area contributed by atoms with Gasteiger partial charge in [-0.2, -0.15) is 0 Å². The van der Waals surface area contributed by atoms with Crippen LogP contribution in [0.25, 0.3) is 17.2 Å². The lowest BCUT2D eigenvalue weighted by molar-refractivity contribution is -0.140. The normalized spacial score (nSPS) is 17.9. The fourth-order valence-electron chi connectivity index (χ4n) is 4.63. The number of ether oxygens (including phenoxy) is 2. The summed E-state index contributed by atoms with van der Waals surface area (Å²) >= 11 is 0. The van der Waals surface area contributed by atoms with Gasteiger partial charge in [-0.3, -0.25) is 4.79 Å². The number of hydrogen-bond donors (Lipinski definition) is 1. The zero-order valence-corrected chi connectivity index (χ0v) is 24.3. The van der Waals surface area contributed by atoms with Gasteiger partial charge in [-0.25, -0.2) is 17.9 Å². The molecule has 39 heavy (non-hydrogen) atoms. The Hall–Kier alpha value is -3.17. The summed E-state index contributed by atoms with van der Waals surface area (Å²) in [6, 6.07) is 15.3. The van der Waals surface area contributed by atoms with Crippen molar-refractivity contribution in [1.29, 1.82) is 0 Å². The Morgan fingerprint density at radius 2 is 1.87 bits per heavy atom. The topological polar surface area (TPSA) is 102 Å². The standard InChI is InChI=1S/C30H40N2O6S/c1-6-39(35,36)31-26-18-19-32(29(34)38-30(2,3)4)27(26)21-22-12-11-15-24(20-22)25-16-9-7-13-23(25)14-8-10-17-28(33)37-5/h7-9,11-16,20,26-27,31H,6,10,17-19,21H2,1-5H3. The first-order chi connectivity index (χ1) is 18.4. The first-order valence-electron chi connectivity index (χ1n) is 13.3. The number of esters is 1. The highest BCUT2D eigenvalue weighted by molar-refractivity contribution is 7.89. The molecule has 0 saturated carbocycles. The molecule has 0 spiro atoms. The van der Waals surface area contributed by atoms with E-state index in [-0.39, 0.29) is 17.8 Å². The summed E-state index contributed by atoms with van der Waals surface area (Å²) in [5.41, 5.74) is 3.39. The number of allylic oxidation sites excluding steroid dienone is 1. The molecule has 0 aliphatic carbocycles. The van der Waals surface area contributed by atoms with Gasteiger partial charge in [-0.15, -0.1) is 0 Å². The summed E-state index contributed by atoms with van der Waals surface area (Å²) in [4.78, 5) is 26.1. The highest BCUT2D eigenvalue weighted by Crippen LogP contribution is 2.29. The van der Waals surface area contributed by atoms with Crippen molar-refractivity contribution in [3.8, 4) is 11.1 Å². The second kappa shape index (κ2) is 13.3.